The predicted octanol–water partition coefficient (Wildman–Crippen LogP) is 16.4. The molecule has 3 N–H and O–H groups in total. The lowest BCUT2D eigenvalue weighted by Gasteiger charge is -2.25. The van der Waals surface area contributed by atoms with Crippen LogP contribution in [-0.4, -0.2) is 73.4 Å². The van der Waals surface area contributed by atoms with Crippen molar-refractivity contribution in [1.29, 1.82) is 0 Å². The van der Waals surface area contributed by atoms with Crippen molar-refractivity contribution in [3.05, 3.63) is 109 Å². The minimum atomic E-state index is -4.35. The van der Waals surface area contributed by atoms with Gasteiger partial charge in [0.05, 0.1) is 39.9 Å². The third-order valence-electron chi connectivity index (χ3n) is 11.5. The molecule has 68 heavy (non-hydrogen) atoms. The van der Waals surface area contributed by atoms with Crippen LogP contribution in [0, 0.1) is 0 Å². The van der Waals surface area contributed by atoms with Crippen molar-refractivity contribution >= 4 is 13.7 Å². The van der Waals surface area contributed by atoms with E-state index in [0.717, 1.165) is 83.5 Å². The van der Waals surface area contributed by atoms with E-state index in [1.165, 1.54) is 103 Å². The number of rotatable bonds is 48. The Morgan fingerprint density at radius 2 is 0.912 bits per heavy atom. The molecular weight excluding hydrogens is 864 g/mol. The van der Waals surface area contributed by atoms with Gasteiger partial charge >= 0.3 is 7.82 Å². The normalized spacial score (nSPS) is 14.9. The molecule has 1 amide bonds. The molecule has 0 aliphatic heterocycles. The number of phosphoric acid groups is 1. The van der Waals surface area contributed by atoms with Gasteiger partial charge in [-0.2, -0.15) is 0 Å². The molecule has 0 rings (SSSR count). The van der Waals surface area contributed by atoms with E-state index in [0.29, 0.717) is 17.4 Å². The highest BCUT2D eigenvalue weighted by Crippen LogP contribution is 2.43. The maximum Gasteiger partial charge on any atom is 0.472 e. The summed E-state index contributed by atoms with van der Waals surface area (Å²) >= 11 is 0. The molecule has 0 aliphatic rings. The Morgan fingerprint density at radius 1 is 0.529 bits per heavy atom. The van der Waals surface area contributed by atoms with Gasteiger partial charge in [0, 0.05) is 6.42 Å². The summed E-state index contributed by atoms with van der Waals surface area (Å²) in [6, 6.07) is -0.872. The molecule has 0 aromatic rings. The number of carbonyl (C=O) groups is 1. The molecule has 0 radical (unpaired) electrons. The molecule has 0 heterocycles. The van der Waals surface area contributed by atoms with Gasteiger partial charge < -0.3 is 19.8 Å². The van der Waals surface area contributed by atoms with Crippen LogP contribution in [0.25, 0.3) is 0 Å². The molecule has 0 aromatic carbocycles. The van der Waals surface area contributed by atoms with Crippen LogP contribution in [0.2, 0.25) is 0 Å². The first-order valence-corrected chi connectivity index (χ1v) is 28.7. The third kappa shape index (κ3) is 51.0. The summed E-state index contributed by atoms with van der Waals surface area (Å²) in [7, 11) is 1.53. The fourth-order valence-electron chi connectivity index (χ4n) is 7.32. The smallest absolute Gasteiger partial charge is 0.387 e. The van der Waals surface area contributed by atoms with Gasteiger partial charge in [-0.1, -0.05) is 219 Å². The van der Waals surface area contributed by atoms with Crippen LogP contribution in [0.1, 0.15) is 206 Å². The first kappa shape index (κ1) is 65.2. The number of quaternary nitrogens is 1. The third-order valence-corrected chi connectivity index (χ3v) is 12.5. The molecule has 0 aliphatic carbocycles. The van der Waals surface area contributed by atoms with Crippen LogP contribution in [0.3, 0.4) is 0 Å². The molecule has 0 fully saturated rings. The zero-order valence-electron chi connectivity index (χ0n) is 44.3. The van der Waals surface area contributed by atoms with Crippen molar-refractivity contribution < 1.29 is 32.9 Å². The summed E-state index contributed by atoms with van der Waals surface area (Å²) in [5, 5.41) is 13.8. The molecule has 0 spiro atoms. The number of nitrogens with one attached hydrogen (secondary N) is 1. The van der Waals surface area contributed by atoms with Gasteiger partial charge in [0.1, 0.15) is 13.2 Å². The second-order valence-electron chi connectivity index (χ2n) is 19.2. The molecule has 3 unspecified atom stereocenters. The lowest BCUT2D eigenvalue weighted by atomic mass is 10.0. The summed E-state index contributed by atoms with van der Waals surface area (Å²) in [4.78, 5) is 23.1. The number of carbonyl (C=O) groups excluding carboxylic acids is 1. The molecule has 8 nitrogen and oxygen atoms in total. The summed E-state index contributed by atoms with van der Waals surface area (Å²) in [5.74, 6) is -0.197. The van der Waals surface area contributed by atoms with Gasteiger partial charge in [-0.25, -0.2) is 4.57 Å². The van der Waals surface area contributed by atoms with Crippen molar-refractivity contribution in [2.75, 3.05) is 40.9 Å². The monoisotopic (exact) mass is 968 g/mol. The number of amides is 1. The van der Waals surface area contributed by atoms with E-state index in [2.05, 4.69) is 103 Å². The number of likely N-dealkylation sites (N-methyl/N-ethyl adjacent to an activating group) is 1. The van der Waals surface area contributed by atoms with Gasteiger partial charge in [0.15, 0.2) is 0 Å². The maximum atomic E-state index is 12.9. The molecule has 0 saturated heterocycles. The van der Waals surface area contributed by atoms with Crippen LogP contribution in [0.5, 0.6) is 0 Å². The van der Waals surface area contributed by atoms with Gasteiger partial charge in [-0.3, -0.25) is 13.8 Å². The maximum absolute atomic E-state index is 12.9. The fraction of sp³-hybridized carbons (Fsp3) is 0.678. The lowest BCUT2D eigenvalue weighted by Crippen LogP contribution is -2.45. The highest BCUT2D eigenvalue weighted by Gasteiger charge is 2.27. The number of phosphoric ester groups is 1. The molecule has 0 saturated carbocycles. The number of aliphatic hydroxyl groups is 1. The zero-order valence-corrected chi connectivity index (χ0v) is 45.2. The summed E-state index contributed by atoms with van der Waals surface area (Å²) in [5.41, 5.74) is 0. The minimum absolute atomic E-state index is 0.0497. The van der Waals surface area contributed by atoms with Crippen molar-refractivity contribution in [1.82, 2.24) is 5.32 Å². The van der Waals surface area contributed by atoms with Crippen molar-refractivity contribution in [3.63, 3.8) is 0 Å². The summed E-state index contributed by atoms with van der Waals surface area (Å²) in [6.45, 7) is 4.42. The topological polar surface area (TPSA) is 105 Å². The first-order chi connectivity index (χ1) is 33.0. The Hall–Kier alpha value is -2.84. The van der Waals surface area contributed by atoms with Gasteiger partial charge in [-0.05, 0) is 90.4 Å². The molecule has 9 heteroatoms. The number of hydrogen-bond acceptors (Lipinski definition) is 5. The van der Waals surface area contributed by atoms with Gasteiger partial charge in [0.2, 0.25) is 5.91 Å². The van der Waals surface area contributed by atoms with E-state index in [4.69, 9.17) is 9.05 Å². The Balaban J connectivity index is 3.94. The van der Waals surface area contributed by atoms with Crippen LogP contribution in [-0.2, 0) is 18.4 Å². The van der Waals surface area contributed by atoms with Gasteiger partial charge in [0.25, 0.3) is 0 Å². The Labute approximate surface area is 419 Å². The predicted molar refractivity (Wildman–Crippen MR) is 295 cm³/mol. The number of nitrogens with zero attached hydrogens (tertiary/aromatic N) is 1. The number of aliphatic hydroxyl groups excluding tert-OH is 1. The number of hydrogen-bond donors (Lipinski definition) is 3. The quantitative estimate of drug-likeness (QED) is 0.0243. The van der Waals surface area contributed by atoms with Crippen molar-refractivity contribution in [2.24, 2.45) is 0 Å². The van der Waals surface area contributed by atoms with E-state index in [1.54, 1.807) is 6.08 Å². The first-order valence-electron chi connectivity index (χ1n) is 27.2. The molecular formula is C59H104N2O6P+. The molecule has 0 aromatic heterocycles. The number of allylic oxidation sites excluding steroid dienone is 17. The van der Waals surface area contributed by atoms with Crippen LogP contribution < -0.4 is 5.32 Å². The van der Waals surface area contributed by atoms with Crippen LogP contribution in [0.4, 0.5) is 0 Å². The summed E-state index contributed by atoms with van der Waals surface area (Å²) < 4.78 is 23.5. The highest BCUT2D eigenvalue weighted by molar-refractivity contribution is 7.47. The Morgan fingerprint density at radius 3 is 1.35 bits per heavy atom. The van der Waals surface area contributed by atoms with Crippen LogP contribution in [0.15, 0.2) is 109 Å². The Kier molecular flexibility index (Phi) is 47.1. The van der Waals surface area contributed by atoms with E-state index < -0.39 is 20.0 Å². The summed E-state index contributed by atoms with van der Waals surface area (Å²) in [6.07, 6.45) is 72.4. The van der Waals surface area contributed by atoms with E-state index in [9.17, 15) is 19.4 Å². The van der Waals surface area contributed by atoms with Gasteiger partial charge in [-0.15, -0.1) is 0 Å². The van der Waals surface area contributed by atoms with E-state index >= 15 is 0 Å². The van der Waals surface area contributed by atoms with E-state index in [1.807, 2.05) is 40.2 Å². The zero-order chi connectivity index (χ0) is 49.9. The van der Waals surface area contributed by atoms with Crippen molar-refractivity contribution in [3.8, 4) is 0 Å². The molecule has 0 bridgehead atoms. The average Bonchev–Trinajstić information content (AvgIpc) is 3.30. The second kappa shape index (κ2) is 49.2. The number of unbranched alkanes of at least 4 members (excludes halogenated alkanes) is 20. The standard InChI is InChI=1S/C59H103N2O6P/c1-6-8-10-12-14-16-17-18-19-20-21-22-23-24-25-26-27-28-29-30-31-32-33-34-35-36-37-38-39-40-41-42-43-45-47-49-51-53-59(63)60-57(56-67-68(64,65)66-55-54-61(3,4)5)58(62)52-50-48-46-44-15-13-11-9-7-2/h7-10,14-16,18-19,21-22,24-25,27-28,44,50,52,57-58,62H,6,11-13,17,20,23,26,29-43,45-49,51,53-56H2,1-5H3,(H-,60,63,64,65)/p+1/b9-7+,10-8-,16-14-,19-18-,22-21-,25-24-,28-27-,44-15+,52-50+. The van der Waals surface area contributed by atoms with E-state index in [-0.39, 0.29) is 19.1 Å². The Bertz CT molecular complexity index is 1470. The molecule has 3 atom stereocenters. The van der Waals surface area contributed by atoms with Crippen molar-refractivity contribution in [2.45, 2.75) is 219 Å². The average molecular weight is 968 g/mol. The largest absolute Gasteiger partial charge is 0.472 e. The second-order valence-corrected chi connectivity index (χ2v) is 20.7. The lowest BCUT2D eigenvalue weighted by molar-refractivity contribution is -0.870. The fourth-order valence-corrected chi connectivity index (χ4v) is 8.06. The SMILES string of the molecule is C/C=C/CC/C=C/CC/C=C/C(O)C(COP(=O)(O)OCC[N+](C)(C)C)NC(=O)CCCCCCCCCCCCCCCCCCCC/C=C\C/C=C\C/C=C\C/C=C\C/C=C\C/C=C\CC. The molecule has 390 valence electrons. The highest BCUT2D eigenvalue weighted by atomic mass is 31.2. The minimum Gasteiger partial charge on any atom is -0.387 e. The van der Waals surface area contributed by atoms with Crippen LogP contribution >= 0.6 is 7.82 Å².